The number of hydrogen-bond acceptors (Lipinski definition) is 5. The van der Waals surface area contributed by atoms with Crippen LogP contribution in [0.4, 0.5) is 0 Å². The highest BCUT2D eigenvalue weighted by Crippen LogP contribution is 2.53. The van der Waals surface area contributed by atoms with Crippen LogP contribution in [0.25, 0.3) is 0 Å². The molecule has 1 N–H and O–H groups in total. The van der Waals surface area contributed by atoms with Gasteiger partial charge in [0.05, 0.1) is 30.4 Å². The second-order valence-corrected chi connectivity index (χ2v) is 13.4. The largest absolute Gasteiger partial charge is 0.469 e. The number of carbonyl (C=O) groups is 2. The second-order valence-electron chi connectivity index (χ2n) is 13.4. The number of allylic oxidation sites excluding steroid dienone is 2. The van der Waals surface area contributed by atoms with Crippen LogP contribution in [-0.2, 0) is 14.3 Å². The minimum Gasteiger partial charge on any atom is -0.469 e. The monoisotopic (exact) mass is 511 g/mol. The maximum Gasteiger partial charge on any atom is 0.313 e. The fourth-order valence-electron chi connectivity index (χ4n) is 7.04. The predicted octanol–water partition coefficient (Wildman–Crippen LogP) is 6.03. The first-order valence-corrected chi connectivity index (χ1v) is 14.6. The Kier molecular flexibility index (Phi) is 7.82. The Balaban J connectivity index is 1.66. The van der Waals surface area contributed by atoms with Crippen molar-refractivity contribution in [1.29, 1.82) is 0 Å². The summed E-state index contributed by atoms with van der Waals surface area (Å²) in [5.41, 5.74) is 1.44. The molecule has 1 saturated carbocycles. The molecule has 6 nitrogen and oxygen atoms in total. The maximum absolute atomic E-state index is 14.2. The van der Waals surface area contributed by atoms with E-state index in [1.165, 1.54) is 7.11 Å². The molecule has 0 aromatic rings. The first-order chi connectivity index (χ1) is 17.4. The number of nitrogens with zero attached hydrogens (tertiary/aromatic N) is 2. The van der Waals surface area contributed by atoms with Gasteiger partial charge >= 0.3 is 5.97 Å². The van der Waals surface area contributed by atoms with Crippen LogP contribution in [0, 0.1) is 29.1 Å². The highest BCUT2D eigenvalue weighted by Gasteiger charge is 2.65. The Hall–Kier alpha value is -1.95. The van der Waals surface area contributed by atoms with Gasteiger partial charge in [0.25, 0.3) is 0 Å². The summed E-state index contributed by atoms with van der Waals surface area (Å²) in [7, 11) is 1.44. The van der Waals surface area contributed by atoms with Gasteiger partial charge in [-0.1, -0.05) is 73.1 Å². The standard InChI is InChI=1S/C31H49N3O3/c1-9-10-15-31(26(33-31)22-11-12-24(21(4)19-22)28(36)37-8)34-27(35)25(18-20(2)3)32-30(34)16-13-23(14-17-30)29(5,6)7/h11-12,19-21,23-25,32H,9-10,13-18H2,1-8H3. The second kappa shape index (κ2) is 10.3. The van der Waals surface area contributed by atoms with Crippen molar-refractivity contribution >= 4 is 17.6 Å². The molecule has 0 bridgehead atoms. The number of methoxy groups -OCH3 is 1. The molecule has 1 amide bonds. The number of rotatable bonds is 8. The van der Waals surface area contributed by atoms with Gasteiger partial charge in [-0.05, 0) is 73.7 Å². The molecule has 4 rings (SSSR count). The van der Waals surface area contributed by atoms with Crippen molar-refractivity contribution in [2.75, 3.05) is 7.11 Å². The number of esters is 1. The van der Waals surface area contributed by atoms with E-state index in [0.717, 1.165) is 62.7 Å². The fraction of sp³-hybridized carbons (Fsp3) is 0.774. The van der Waals surface area contributed by atoms with Gasteiger partial charge in [0.15, 0.2) is 5.66 Å². The van der Waals surface area contributed by atoms with Crippen molar-refractivity contribution in [3.63, 3.8) is 0 Å². The van der Waals surface area contributed by atoms with Gasteiger partial charge in [-0.25, -0.2) is 0 Å². The molecular formula is C31H49N3O3. The number of ether oxygens (including phenoxy) is 1. The summed E-state index contributed by atoms with van der Waals surface area (Å²) >= 11 is 0. The summed E-state index contributed by atoms with van der Waals surface area (Å²) in [5.74, 6) is 0.861. The van der Waals surface area contributed by atoms with E-state index >= 15 is 0 Å². The molecule has 0 aromatic carbocycles. The normalized spacial score (nSPS) is 35.7. The SMILES string of the molecule is CCCCC1(N2C(=O)C(CC(C)C)NC23CCC(C(C)(C)C)CC3)N=C1C1=CC(C)C(C(=O)OC)C=C1. The van der Waals surface area contributed by atoms with E-state index in [1.807, 2.05) is 12.2 Å². The number of amides is 1. The first-order valence-electron chi connectivity index (χ1n) is 14.6. The Morgan fingerprint density at radius 2 is 1.95 bits per heavy atom. The van der Waals surface area contributed by atoms with Gasteiger partial charge in [-0.15, -0.1) is 0 Å². The van der Waals surface area contributed by atoms with Crippen LogP contribution in [0.15, 0.2) is 28.8 Å². The summed E-state index contributed by atoms with van der Waals surface area (Å²) < 4.78 is 5.00. The number of hydrogen-bond donors (Lipinski definition) is 1. The lowest BCUT2D eigenvalue weighted by Gasteiger charge is -2.49. The number of unbranched alkanes of at least 4 members (excludes halogenated alkanes) is 1. The molecule has 0 aromatic heterocycles. The van der Waals surface area contributed by atoms with Crippen LogP contribution in [-0.4, -0.2) is 47.0 Å². The summed E-state index contributed by atoms with van der Waals surface area (Å²) in [6.07, 6.45) is 14.1. The third-order valence-electron chi connectivity index (χ3n) is 9.25. The maximum atomic E-state index is 14.2. The smallest absolute Gasteiger partial charge is 0.313 e. The first kappa shape index (κ1) is 28.1. The van der Waals surface area contributed by atoms with E-state index in [2.05, 4.69) is 64.8 Å². The molecule has 6 heteroatoms. The minimum absolute atomic E-state index is 0.0249. The van der Waals surface area contributed by atoms with Crippen molar-refractivity contribution in [3.05, 3.63) is 23.8 Å². The van der Waals surface area contributed by atoms with E-state index < -0.39 is 5.66 Å². The molecule has 206 valence electrons. The Labute approximate surface area is 224 Å². The summed E-state index contributed by atoms with van der Waals surface area (Å²) in [6.45, 7) is 15.7. The lowest BCUT2D eigenvalue weighted by molar-refractivity contribution is -0.144. The molecule has 37 heavy (non-hydrogen) atoms. The molecule has 2 aliphatic heterocycles. The lowest BCUT2D eigenvalue weighted by Crippen LogP contribution is -2.61. The summed E-state index contributed by atoms with van der Waals surface area (Å²) in [5, 5.41) is 3.90. The van der Waals surface area contributed by atoms with E-state index in [1.54, 1.807) is 0 Å². The highest BCUT2D eigenvalue weighted by atomic mass is 16.5. The number of carbonyl (C=O) groups excluding carboxylic acids is 2. The Morgan fingerprint density at radius 3 is 2.49 bits per heavy atom. The fourth-order valence-corrected chi connectivity index (χ4v) is 7.04. The van der Waals surface area contributed by atoms with Crippen molar-refractivity contribution in [1.82, 2.24) is 10.2 Å². The minimum atomic E-state index is -0.575. The lowest BCUT2D eigenvalue weighted by atomic mass is 9.69. The van der Waals surface area contributed by atoms with Gasteiger partial charge < -0.3 is 4.74 Å². The van der Waals surface area contributed by atoms with Gasteiger partial charge in [-0.2, -0.15) is 0 Å². The van der Waals surface area contributed by atoms with Gasteiger partial charge in [0.2, 0.25) is 5.91 Å². The Morgan fingerprint density at radius 1 is 1.27 bits per heavy atom. The molecule has 0 radical (unpaired) electrons. The Bertz CT molecular complexity index is 980. The highest BCUT2D eigenvalue weighted by molar-refractivity contribution is 6.20. The number of nitrogens with one attached hydrogen (secondary N) is 1. The molecule has 2 aliphatic carbocycles. The van der Waals surface area contributed by atoms with E-state index in [9.17, 15) is 9.59 Å². The van der Waals surface area contributed by atoms with E-state index in [-0.39, 0.29) is 40.8 Å². The zero-order chi connectivity index (χ0) is 27.2. The van der Waals surface area contributed by atoms with Crippen molar-refractivity contribution < 1.29 is 14.3 Å². The third-order valence-corrected chi connectivity index (χ3v) is 9.25. The molecule has 4 aliphatic rings. The van der Waals surface area contributed by atoms with Crippen molar-refractivity contribution in [2.45, 2.75) is 117 Å². The zero-order valence-corrected chi connectivity index (χ0v) is 24.4. The average molecular weight is 512 g/mol. The molecule has 1 saturated heterocycles. The van der Waals surface area contributed by atoms with Gasteiger partial charge in [0, 0.05) is 0 Å². The topological polar surface area (TPSA) is 71.0 Å². The van der Waals surface area contributed by atoms with Crippen LogP contribution in [0.3, 0.4) is 0 Å². The quantitative estimate of drug-likeness (QED) is 0.404. The van der Waals surface area contributed by atoms with E-state index in [0.29, 0.717) is 11.8 Å². The molecule has 4 unspecified atom stereocenters. The molecular weight excluding hydrogens is 462 g/mol. The third kappa shape index (κ3) is 5.20. The van der Waals surface area contributed by atoms with Gasteiger partial charge in [0.1, 0.15) is 0 Å². The van der Waals surface area contributed by atoms with Crippen LogP contribution < -0.4 is 5.32 Å². The van der Waals surface area contributed by atoms with Crippen molar-refractivity contribution in [3.8, 4) is 0 Å². The van der Waals surface area contributed by atoms with Crippen LogP contribution in [0.2, 0.25) is 0 Å². The predicted molar refractivity (Wildman–Crippen MR) is 149 cm³/mol. The average Bonchev–Trinajstić information content (AvgIpc) is 3.49. The van der Waals surface area contributed by atoms with Crippen LogP contribution in [0.1, 0.15) is 99.8 Å². The zero-order valence-electron chi connectivity index (χ0n) is 24.4. The van der Waals surface area contributed by atoms with Gasteiger partial charge in [-0.3, -0.25) is 24.8 Å². The molecule has 1 spiro atoms. The summed E-state index contributed by atoms with van der Waals surface area (Å²) in [6, 6.07) is -0.153. The molecule has 2 heterocycles. The summed E-state index contributed by atoms with van der Waals surface area (Å²) in [4.78, 5) is 33.8. The molecule has 4 atom stereocenters. The van der Waals surface area contributed by atoms with Crippen LogP contribution >= 0.6 is 0 Å². The molecule has 2 fully saturated rings. The van der Waals surface area contributed by atoms with Crippen molar-refractivity contribution in [2.24, 2.45) is 34.1 Å². The van der Waals surface area contributed by atoms with Crippen LogP contribution in [0.5, 0.6) is 0 Å². The van der Waals surface area contributed by atoms with E-state index in [4.69, 9.17) is 9.73 Å². The number of aliphatic imine (C=N–C) groups is 1.